The summed E-state index contributed by atoms with van der Waals surface area (Å²) in [7, 11) is -21.4. The van der Waals surface area contributed by atoms with E-state index in [9.17, 15) is 92.2 Å². The first-order chi connectivity index (χ1) is 64.9. The van der Waals surface area contributed by atoms with Gasteiger partial charge in [-0.2, -0.15) is 4.98 Å². The second-order valence-corrected chi connectivity index (χ2v) is 46.2. The van der Waals surface area contributed by atoms with E-state index in [1.54, 1.807) is 98.4 Å². The highest BCUT2D eigenvalue weighted by molar-refractivity contribution is 9.11. The maximum absolute atomic E-state index is 13.8. The Morgan fingerprint density at radius 3 is 1.30 bits per heavy atom. The molecule has 7 heterocycles. The van der Waals surface area contributed by atoms with E-state index in [1.165, 1.54) is 162 Å². The number of carbonyl (C=O) groups is 2. The molecule has 18 rings (SSSR count). The first-order valence-corrected chi connectivity index (χ1v) is 52.9. The van der Waals surface area contributed by atoms with Gasteiger partial charge in [0.25, 0.3) is 61.6 Å². The average molecular weight is 2420 g/mol. The molecule has 0 aliphatic heterocycles. The Morgan fingerprint density at radius 1 is 0.384 bits per heavy atom. The topological polar surface area (TPSA) is 472 Å². The van der Waals surface area contributed by atoms with Crippen molar-refractivity contribution in [1.82, 2.24) is 45.3 Å². The number of carbonyl (C=O) groups excluding carboxylic acids is 1. The van der Waals surface area contributed by atoms with Crippen LogP contribution in [-0.2, 0) is 50.1 Å². The molecule has 31 nitrogen and oxygen atoms in total. The van der Waals surface area contributed by atoms with Gasteiger partial charge in [-0.25, -0.2) is 82.2 Å². The van der Waals surface area contributed by atoms with Crippen LogP contribution in [0.4, 0.5) is 0 Å². The number of hydroxylamine groups is 1. The number of hydrogen-bond acceptors (Lipinski definition) is 25. The molecular weight excluding hydrogens is 2360 g/mol. The number of aryl methyl sites for hydroxylation is 3. The van der Waals surface area contributed by atoms with Crippen LogP contribution >= 0.6 is 179 Å². The Morgan fingerprint density at radius 2 is 0.804 bits per heavy atom. The van der Waals surface area contributed by atoms with Crippen LogP contribution in [0.1, 0.15) is 37.9 Å². The van der Waals surface area contributed by atoms with Crippen molar-refractivity contribution in [3.05, 3.63) is 326 Å². The van der Waals surface area contributed by atoms with Crippen molar-refractivity contribution in [1.29, 1.82) is 0 Å². The summed E-state index contributed by atoms with van der Waals surface area (Å²) in [6, 6.07) is 47.5. The summed E-state index contributed by atoms with van der Waals surface area (Å²) in [6.45, 7) is 4.65. The number of fused-ring (bicyclic) bond motifs is 5. The summed E-state index contributed by atoms with van der Waals surface area (Å²) in [5.74, 6) is -5.27. The molecule has 18 aromatic rings. The minimum absolute atomic E-state index is 0.0381. The molecule has 0 saturated heterocycles. The molecule has 9 N–H and O–H groups in total. The van der Waals surface area contributed by atoms with E-state index in [0.717, 1.165) is 26.8 Å². The molecule has 0 fully saturated rings. The number of carboxylic acids is 1. The number of aromatic carboxylic acids is 1. The predicted molar refractivity (Wildman–Crippen MR) is 543 cm³/mol. The van der Waals surface area contributed by atoms with Crippen molar-refractivity contribution >= 4 is 296 Å². The maximum Gasteiger partial charge on any atom is 0.337 e. The highest BCUT2D eigenvalue weighted by Gasteiger charge is 2.35. The first kappa shape index (κ1) is 103. The van der Waals surface area contributed by atoms with Gasteiger partial charge in [0.2, 0.25) is 0 Å². The lowest BCUT2D eigenvalue weighted by molar-refractivity contribution is 0.0693. The minimum Gasteiger partial charge on any atom is -0.506 e. The van der Waals surface area contributed by atoms with E-state index >= 15 is 0 Å². The largest absolute Gasteiger partial charge is 0.506 e. The molecule has 50 heteroatoms. The van der Waals surface area contributed by atoms with Crippen molar-refractivity contribution < 1.29 is 92.6 Å². The molecular formula is C88H55Br4Cl9N10O21S6. The standard InChI is InChI=1S/C21H14BrClN2O5S.C19H10BrCl2N3O5S.C18H12Cl2N2O3S2.C15H9BrCl2N2O4S.C15H10BrCl2NO4S/c22-15-10-16(23)20(26)19(11-15)31(29,30)25-17(12-4-2-1-3-5-12)8-13-6-7-14(9-18(13)25)21(27)24-28;20-11-3-14(22)18(26)17(4-11)31(29,30)25-15(10-6-23-8-24-7-10)2-9-1-13(21)12(19(27)28)5-16(9)25;1-10-4-11-5-13(19)2-3-15(11)22(10)27(24,25)17-7-12(6-14(20)18(17)23)16-8-21-9-26-16;1-7-19-15(22)10-6-9(17)2-3-12(10)20(7)25(23,24)13-5-8(16)4-11(18)14(13)21;1-7-2-8-3-10(17)13(20)6-12(8)19(7)24(22,23)14-5-9(16)4-11(18)15(14)21/h1-11,26,28H,(H,24,27);1-8,26H,(H,27,28);2-9,23H,1H3;2-6,21H,1H3;2-6,20-21H,1H3. The van der Waals surface area contributed by atoms with Gasteiger partial charge in [0.15, 0.2) is 28.7 Å². The number of benzene rings is 11. The van der Waals surface area contributed by atoms with E-state index in [1.807, 2.05) is 0 Å². The Balaban J connectivity index is 0.000000138. The summed E-state index contributed by atoms with van der Waals surface area (Å²) >= 11 is 67.8. The SMILES string of the molecule is Cc1cc2cc(Cl)c(O)cc2n1S(=O)(=O)c1cc(Br)cc(Cl)c1O.Cc1cc2cc(Cl)ccc2n1S(=O)(=O)c1cc(-c2cncs2)cc(Cl)c1O.Cc1nc(=O)c2cc(Cl)ccc2n1S(=O)(=O)c1cc(Br)cc(Cl)c1O.O=C(NO)c1ccc2cc(-c3ccccc3)n(S(=O)(=O)c3cc(Br)cc(Cl)c3O)c2c1.O=C(O)c1cc2c(cc1Cl)cc(-c1cncnc1)n2S(=O)(=O)c1cc(Br)cc(Cl)c1O. The number of halogens is 13. The van der Waals surface area contributed by atoms with Gasteiger partial charge >= 0.3 is 5.97 Å². The molecule has 0 atom stereocenters. The first-order valence-electron chi connectivity index (χ1n) is 38.3. The normalized spacial score (nSPS) is 11.8. The average Bonchev–Trinajstić information content (AvgIpc) is 1.53. The molecule has 710 valence electrons. The molecule has 0 radical (unpaired) electrons. The molecule has 0 bridgehead atoms. The van der Waals surface area contributed by atoms with Gasteiger partial charge in [0.1, 0.15) is 42.4 Å². The zero-order valence-electron chi connectivity index (χ0n) is 69.1. The quantitative estimate of drug-likeness (QED) is 0.0340. The Bertz CT molecular complexity index is 8820. The smallest absolute Gasteiger partial charge is 0.337 e. The van der Waals surface area contributed by atoms with Crippen LogP contribution in [0.25, 0.3) is 87.5 Å². The van der Waals surface area contributed by atoms with Gasteiger partial charge in [0.05, 0.1) is 95.5 Å². The van der Waals surface area contributed by atoms with Crippen LogP contribution in [-0.4, -0.2) is 135 Å². The number of amides is 1. The molecule has 0 unspecified atom stereocenters. The minimum atomic E-state index is -4.47. The van der Waals surface area contributed by atoms with Gasteiger partial charge in [0, 0.05) is 96.7 Å². The Hall–Kier alpha value is -10.6. The van der Waals surface area contributed by atoms with Gasteiger partial charge in [-0.05, 0) is 184 Å². The lowest BCUT2D eigenvalue weighted by Crippen LogP contribution is -2.23. The second kappa shape index (κ2) is 40.6. The van der Waals surface area contributed by atoms with E-state index in [2.05, 4.69) is 83.7 Å². The molecule has 11 aromatic carbocycles. The molecule has 0 saturated carbocycles. The summed E-state index contributed by atoms with van der Waals surface area (Å²) in [6.07, 6.45) is 5.70. The third-order valence-electron chi connectivity index (χ3n) is 20.3. The molecule has 1 amide bonds. The molecule has 7 aromatic heterocycles. The fourth-order valence-corrected chi connectivity index (χ4v) is 28.3. The van der Waals surface area contributed by atoms with Crippen LogP contribution in [0.5, 0.6) is 34.5 Å². The third kappa shape index (κ3) is 20.3. The third-order valence-corrected chi connectivity index (χ3v) is 34.4. The fraction of sp³-hybridized carbons (Fsp3) is 0.0341. The van der Waals surface area contributed by atoms with E-state index in [4.69, 9.17) is 110 Å². The molecule has 0 aliphatic carbocycles. The van der Waals surface area contributed by atoms with Crippen LogP contribution in [0.3, 0.4) is 0 Å². The van der Waals surface area contributed by atoms with Crippen molar-refractivity contribution in [2.75, 3.05) is 0 Å². The van der Waals surface area contributed by atoms with E-state index in [0.29, 0.717) is 83.7 Å². The van der Waals surface area contributed by atoms with Crippen LogP contribution in [0.15, 0.2) is 272 Å². The summed E-state index contributed by atoms with van der Waals surface area (Å²) < 4.78 is 141. The Kier molecular flexibility index (Phi) is 30.3. The van der Waals surface area contributed by atoms with Crippen molar-refractivity contribution in [3.8, 4) is 67.5 Å². The van der Waals surface area contributed by atoms with Crippen LogP contribution in [0.2, 0.25) is 45.2 Å². The monoisotopic (exact) mass is 2410 g/mol. The van der Waals surface area contributed by atoms with Crippen molar-refractivity contribution in [3.63, 3.8) is 0 Å². The van der Waals surface area contributed by atoms with Gasteiger partial charge in [-0.1, -0.05) is 205 Å². The van der Waals surface area contributed by atoms with Gasteiger partial charge in [-0.15, -0.1) is 11.3 Å². The highest BCUT2D eigenvalue weighted by atomic mass is 79.9. The second-order valence-electron chi connectivity index (χ2n) is 29.2. The highest BCUT2D eigenvalue weighted by Crippen LogP contribution is 2.47. The number of carboxylic acid groups (broad SMARTS) is 1. The number of nitrogens with one attached hydrogen (secondary N) is 1. The summed E-state index contributed by atoms with van der Waals surface area (Å²) in [4.78, 5) is 50.0. The summed E-state index contributed by atoms with van der Waals surface area (Å²) in [5, 5.41) is 82.1. The van der Waals surface area contributed by atoms with Crippen LogP contribution in [0, 0.1) is 20.8 Å². The van der Waals surface area contributed by atoms with Gasteiger partial charge < -0.3 is 35.7 Å². The lowest BCUT2D eigenvalue weighted by atomic mass is 10.1. The number of phenols is 6. The number of aromatic hydroxyl groups is 6. The zero-order chi connectivity index (χ0) is 101. The maximum atomic E-state index is 13.8. The number of nitrogens with zero attached hydrogens (tertiary/aromatic N) is 9. The lowest BCUT2D eigenvalue weighted by Gasteiger charge is -2.16. The van der Waals surface area contributed by atoms with Gasteiger partial charge in [-0.3, -0.25) is 19.8 Å². The number of phenolic OH excluding ortho intramolecular Hbond substituents is 6. The zero-order valence-corrected chi connectivity index (χ0v) is 87.2. The number of hydrogen-bond donors (Lipinski definition) is 9. The molecule has 0 spiro atoms. The number of aromatic nitrogens is 9. The fourth-order valence-electron chi connectivity index (χ4n) is 14.3. The Labute approximate surface area is 863 Å². The van der Waals surface area contributed by atoms with E-state index < -0.39 is 111 Å². The molecule has 0 aliphatic rings. The van der Waals surface area contributed by atoms with E-state index in [-0.39, 0.29) is 106 Å². The van der Waals surface area contributed by atoms with Crippen LogP contribution < -0.4 is 11.0 Å². The number of thiazole rings is 1. The number of rotatable bonds is 15. The van der Waals surface area contributed by atoms with Crippen molar-refractivity contribution in [2.24, 2.45) is 0 Å². The predicted octanol–water partition coefficient (Wildman–Crippen LogP) is 23.3. The molecule has 138 heavy (non-hydrogen) atoms. The van der Waals surface area contributed by atoms with Crippen molar-refractivity contribution in [2.45, 2.75) is 45.2 Å². The summed E-state index contributed by atoms with van der Waals surface area (Å²) in [5.41, 5.74) is 6.25.